The number of aliphatic hydroxyl groups excluding tert-OH is 11. The fourth-order valence-corrected chi connectivity index (χ4v) is 10.5. The molecule has 2 amide bonds. The summed E-state index contributed by atoms with van der Waals surface area (Å²) in [6.07, 6.45) is -24.9. The van der Waals surface area contributed by atoms with Crippen LogP contribution in [0.3, 0.4) is 0 Å². The molecule has 15 N–H and O–H groups in total. The molecule has 0 aromatic heterocycles. The zero-order valence-corrected chi connectivity index (χ0v) is 41.6. The number of methoxy groups -OCH3 is 1. The van der Waals surface area contributed by atoms with E-state index in [0.717, 1.165) is 44.4 Å². The van der Waals surface area contributed by atoms with Gasteiger partial charge in [-0.3, -0.25) is 18.9 Å². The molecule has 0 saturated carbocycles. The molecule has 4 heterocycles. The normalized spacial score (nSPS) is 37.8. The van der Waals surface area contributed by atoms with Gasteiger partial charge in [0.15, 0.2) is 25.2 Å². The van der Waals surface area contributed by atoms with Crippen molar-refractivity contribution in [2.24, 2.45) is 0 Å². The van der Waals surface area contributed by atoms with Gasteiger partial charge >= 0.3 is 13.8 Å². The van der Waals surface area contributed by atoms with Crippen molar-refractivity contribution in [3.63, 3.8) is 0 Å². The second-order valence-corrected chi connectivity index (χ2v) is 20.7. The maximum absolute atomic E-state index is 12.8. The lowest BCUT2D eigenvalue weighted by Crippen LogP contribution is -2.67. The molecule has 0 aromatic carbocycles. The Hall–Kier alpha value is -1.50. The van der Waals surface area contributed by atoms with Gasteiger partial charge in [0.25, 0.3) is 0 Å². The second kappa shape index (κ2) is 30.3. The van der Waals surface area contributed by atoms with E-state index in [9.17, 15) is 84.9 Å². The topological polar surface area (TPSA) is 438 Å². The van der Waals surface area contributed by atoms with Gasteiger partial charge in [-0.25, -0.2) is 4.57 Å². The predicted molar refractivity (Wildman–Crippen MR) is 241 cm³/mol. The fraction of sp³-hybridized carbons (Fsp3) is 0.925. The predicted octanol–water partition coefficient (Wildman–Crippen LogP) is -5.99. The van der Waals surface area contributed by atoms with E-state index in [1.807, 2.05) is 0 Å². The summed E-state index contributed by atoms with van der Waals surface area (Å²) in [5.41, 5.74) is 0. The van der Waals surface area contributed by atoms with Gasteiger partial charge in [-0.2, -0.15) is 23.5 Å². The maximum Gasteiger partial charge on any atom is 0.472 e. The van der Waals surface area contributed by atoms with Gasteiger partial charge in [-0.15, -0.1) is 0 Å². The molecule has 0 radical (unpaired) electrons. The van der Waals surface area contributed by atoms with Crippen LogP contribution < -0.4 is 10.6 Å². The highest BCUT2D eigenvalue weighted by atomic mass is 32.2. The van der Waals surface area contributed by atoms with Gasteiger partial charge in [-0.05, 0) is 12.8 Å². The molecule has 20 atom stereocenters. The summed E-state index contributed by atoms with van der Waals surface area (Å²) in [6, 6.07) is -3.13. The summed E-state index contributed by atoms with van der Waals surface area (Å²) in [4.78, 5) is 54.8. The molecule has 4 aliphatic rings. The molecule has 71 heavy (non-hydrogen) atoms. The van der Waals surface area contributed by atoms with Crippen molar-refractivity contribution in [1.29, 1.82) is 0 Å². The number of carbonyl (C=O) groups excluding carboxylic acids is 3. The molecule has 0 unspecified atom stereocenters. The van der Waals surface area contributed by atoms with Crippen LogP contribution in [0, 0.1) is 0 Å². The lowest BCUT2D eigenvalue weighted by atomic mass is 9.96. The number of nitrogens with one attached hydrogen (secondary N) is 2. The number of ether oxygens (including phenoxy) is 8. The van der Waals surface area contributed by atoms with Gasteiger partial charge < -0.3 is 114 Å². The van der Waals surface area contributed by atoms with Crippen molar-refractivity contribution >= 4 is 49.1 Å². The molecule has 4 rings (SSSR count). The maximum atomic E-state index is 12.8. The highest BCUT2D eigenvalue weighted by Crippen LogP contribution is 2.41. The van der Waals surface area contributed by atoms with E-state index in [1.165, 1.54) is 18.9 Å². The monoisotopic (exact) mass is 1090 g/mol. The van der Waals surface area contributed by atoms with Gasteiger partial charge in [0.05, 0.1) is 38.8 Å². The Bertz CT molecular complexity index is 1660. The number of aliphatic hydroxyl groups is 11. The summed E-state index contributed by atoms with van der Waals surface area (Å²) in [6.45, 7) is -1.04. The first-order valence-electron chi connectivity index (χ1n) is 23.0. The molecule has 0 aliphatic carbocycles. The Morgan fingerprint density at radius 3 is 1.73 bits per heavy atom. The van der Waals surface area contributed by atoms with Crippen LogP contribution in [-0.2, 0) is 61.4 Å². The Morgan fingerprint density at radius 2 is 1.13 bits per heavy atom. The average molecular weight is 1090 g/mol. The lowest BCUT2D eigenvalue weighted by molar-refractivity contribution is -0.360. The summed E-state index contributed by atoms with van der Waals surface area (Å²) >= 11 is 2.26. The third-order valence-corrected chi connectivity index (χ3v) is 14.7. The van der Waals surface area contributed by atoms with E-state index in [4.69, 9.17) is 33.2 Å². The third kappa shape index (κ3) is 18.6. The molecule has 0 spiro atoms. The number of hydrogen-bond donors (Lipinski definition) is 15. The largest absolute Gasteiger partial charge is 0.472 e. The minimum atomic E-state index is -5.22. The number of amides is 2. The number of rotatable bonds is 28. The summed E-state index contributed by atoms with van der Waals surface area (Å²) in [5, 5.41) is 121. The van der Waals surface area contributed by atoms with E-state index < -0.39 is 162 Å². The molecular weight excluding hydrogens is 1020 g/mol. The van der Waals surface area contributed by atoms with Crippen LogP contribution in [0.2, 0.25) is 0 Å². The van der Waals surface area contributed by atoms with Crippen molar-refractivity contribution in [2.75, 3.05) is 56.5 Å². The first-order valence-corrected chi connectivity index (χ1v) is 26.8. The average Bonchev–Trinajstić information content (AvgIpc) is 3.32. The number of esters is 1. The Kier molecular flexibility index (Phi) is 26.5. The Labute approximate surface area is 417 Å². The smallest absolute Gasteiger partial charge is 0.469 e. The number of carbonyl (C=O) groups is 3. The van der Waals surface area contributed by atoms with E-state index in [2.05, 4.69) is 19.9 Å². The second-order valence-electron chi connectivity index (χ2n) is 17.2. The van der Waals surface area contributed by atoms with E-state index >= 15 is 0 Å². The minimum absolute atomic E-state index is 0.0305. The van der Waals surface area contributed by atoms with Gasteiger partial charge in [0.2, 0.25) is 11.8 Å². The van der Waals surface area contributed by atoms with Crippen molar-refractivity contribution in [1.82, 2.24) is 10.6 Å². The van der Waals surface area contributed by atoms with E-state index in [0.29, 0.717) is 25.0 Å². The van der Waals surface area contributed by atoms with Crippen molar-refractivity contribution in [3.8, 4) is 0 Å². The summed E-state index contributed by atoms with van der Waals surface area (Å²) in [5.74, 6) is -1.44. The number of phosphoric acid groups is 1. The first-order chi connectivity index (χ1) is 33.6. The standard InChI is InChI=1S/C40H71N2O26PS2/c1-18(45)41-25-31(52)27(48)19(13-43)63-37(25)67-36-34(55)30(51)22(16-70-11-12-71-17-23(46)42-26-32(53)28(49)20(14-44)64-38(26)68-69(57,58)59)66-40(36)62-15-21-29(50)33(54)35(56)39(65-21)61-10-8-6-4-3-5-7-9-24(47)60-2/h19-22,25-40,43-44,48-56H,3-17H2,1-2H3,(H,41,45)(H,42,46)(H2,57,58,59)/t19-,20-,21-,22-,25-,26-,27-,28-,29-,30-,31-,32-,33+,34+,35+,36+,37+,38-,39-,40+/m1/s1. The number of hydrogen-bond acceptors (Lipinski definition) is 26. The molecule has 4 saturated heterocycles. The highest BCUT2D eigenvalue weighted by molar-refractivity contribution is 8.03. The van der Waals surface area contributed by atoms with Crippen LogP contribution >= 0.6 is 31.3 Å². The molecule has 0 aromatic rings. The zero-order chi connectivity index (χ0) is 52.6. The third-order valence-electron chi connectivity index (χ3n) is 11.9. The van der Waals surface area contributed by atoms with Crippen LogP contribution in [0.4, 0.5) is 0 Å². The molecule has 4 aliphatic heterocycles. The van der Waals surface area contributed by atoms with E-state index in [1.54, 1.807) is 0 Å². The number of thioether (sulfide) groups is 2. The fourth-order valence-electron chi connectivity index (χ4n) is 8.00. The summed E-state index contributed by atoms with van der Waals surface area (Å²) < 4.78 is 61.2. The van der Waals surface area contributed by atoms with Crippen molar-refractivity contribution < 1.29 is 127 Å². The number of phosphoric ester groups is 1. The molecule has 28 nitrogen and oxygen atoms in total. The van der Waals surface area contributed by atoms with Crippen LogP contribution in [0.5, 0.6) is 0 Å². The number of unbranched alkanes of at least 4 members (excludes halogenated alkanes) is 5. The molecule has 0 bridgehead atoms. The molecule has 414 valence electrons. The SMILES string of the molecule is COC(=O)CCCCCCCCO[C@@H]1O[C@H](CO[C@H]2O[C@H](CSCCSCC(=O)N[C@H]3[C@@H](OP(=O)(O)O)O[C@H](CO)[C@@H](O)[C@@H]3O)[C@@H](O)[C@H](O)[C@@H]2O[C@@H]2O[C@H](CO)[C@@H](O)[C@H](O)[C@H]2NC(C)=O)[C@@H](O)[C@H](O)[C@@H]1O. The quantitative estimate of drug-likeness (QED) is 0.0197. The van der Waals surface area contributed by atoms with Crippen LogP contribution in [0.15, 0.2) is 0 Å². The van der Waals surface area contributed by atoms with Gasteiger partial charge in [0.1, 0.15) is 91.4 Å². The van der Waals surface area contributed by atoms with Crippen molar-refractivity contribution in [2.45, 2.75) is 175 Å². The first kappa shape index (κ1) is 62.0. The van der Waals surface area contributed by atoms with E-state index in [-0.39, 0.29) is 29.8 Å². The molecular formula is C40H71N2O26PS2. The highest BCUT2D eigenvalue weighted by Gasteiger charge is 2.53. The Morgan fingerprint density at radius 1 is 0.592 bits per heavy atom. The van der Waals surface area contributed by atoms with Gasteiger partial charge in [0, 0.05) is 37.2 Å². The summed E-state index contributed by atoms with van der Waals surface area (Å²) in [7, 11) is -3.89. The van der Waals surface area contributed by atoms with Crippen LogP contribution in [0.25, 0.3) is 0 Å². The Balaban J connectivity index is 1.38. The van der Waals surface area contributed by atoms with Crippen LogP contribution in [-0.4, -0.2) is 263 Å². The van der Waals surface area contributed by atoms with Crippen LogP contribution in [0.1, 0.15) is 51.9 Å². The minimum Gasteiger partial charge on any atom is -0.469 e. The lowest BCUT2D eigenvalue weighted by Gasteiger charge is -2.47. The molecule has 31 heteroatoms. The zero-order valence-electron chi connectivity index (χ0n) is 39.0. The van der Waals surface area contributed by atoms with Crippen molar-refractivity contribution in [3.05, 3.63) is 0 Å². The van der Waals surface area contributed by atoms with Gasteiger partial charge in [-0.1, -0.05) is 25.7 Å². The molecule has 4 fully saturated rings.